The molecule has 1 aromatic rings. The van der Waals surface area contributed by atoms with E-state index >= 15 is 0 Å². The van der Waals surface area contributed by atoms with E-state index < -0.39 is 23.4 Å². The number of ether oxygens (including phenoxy) is 4. The van der Waals surface area contributed by atoms with E-state index in [1.807, 2.05) is 40.7 Å². The molecule has 2 aliphatic rings. The molecule has 3 rings (SSSR count). The Labute approximate surface area is 189 Å². The Morgan fingerprint density at radius 3 is 2.56 bits per heavy atom. The summed E-state index contributed by atoms with van der Waals surface area (Å²) in [6.07, 6.45) is -0.773. The van der Waals surface area contributed by atoms with E-state index in [0.29, 0.717) is 25.2 Å². The average Bonchev–Trinajstić information content (AvgIpc) is 3.16. The molecule has 0 radical (unpaired) electrons. The first-order valence-corrected chi connectivity index (χ1v) is 11.0. The second kappa shape index (κ2) is 9.74. The molecular weight excluding hydrogens is 414 g/mol. The van der Waals surface area contributed by atoms with Crippen LogP contribution in [0.3, 0.4) is 0 Å². The maximum Gasteiger partial charge on any atom is 0.407 e. The predicted molar refractivity (Wildman–Crippen MR) is 118 cm³/mol. The molecule has 178 valence electrons. The number of nitrogens with one attached hydrogen (secondary N) is 2. The number of hydrogen-bond acceptors (Lipinski definition) is 7. The minimum atomic E-state index is -0.714. The summed E-state index contributed by atoms with van der Waals surface area (Å²) in [5.74, 6) is -1.20. The summed E-state index contributed by atoms with van der Waals surface area (Å²) in [5, 5.41) is 6.11. The van der Waals surface area contributed by atoms with E-state index in [0.717, 1.165) is 12.0 Å². The molecule has 0 bridgehead atoms. The molecule has 2 heterocycles. The number of hydrogen-bond donors (Lipinski definition) is 3. The van der Waals surface area contributed by atoms with Gasteiger partial charge >= 0.3 is 6.09 Å². The predicted octanol–water partition coefficient (Wildman–Crippen LogP) is 2.25. The van der Waals surface area contributed by atoms with Crippen molar-refractivity contribution in [1.29, 1.82) is 0 Å². The molecule has 9 nitrogen and oxygen atoms in total. The molecule has 2 fully saturated rings. The highest BCUT2D eigenvalue weighted by Crippen LogP contribution is 2.45. The fourth-order valence-electron chi connectivity index (χ4n) is 3.95. The summed E-state index contributed by atoms with van der Waals surface area (Å²) >= 11 is 0. The van der Waals surface area contributed by atoms with Gasteiger partial charge in [0.1, 0.15) is 23.9 Å². The zero-order valence-electron chi connectivity index (χ0n) is 19.5. The molecule has 0 aromatic heterocycles. The number of carbonyl (C=O) groups is 2. The molecule has 2 amide bonds. The molecule has 0 saturated carbocycles. The lowest BCUT2D eigenvalue weighted by Gasteiger charge is -2.24. The van der Waals surface area contributed by atoms with Crippen molar-refractivity contribution >= 4 is 12.0 Å². The molecule has 1 aromatic carbocycles. The SMILES string of the molecule is CC(C)(C)OC(=O)NCCCNC[C@H]1O[C@@H](c2cccc(C(N)=O)c2)C2OC(C)(C)OC21. The first-order valence-electron chi connectivity index (χ1n) is 11.0. The minimum absolute atomic E-state index is 0.220. The summed E-state index contributed by atoms with van der Waals surface area (Å²) in [6.45, 7) is 11.0. The van der Waals surface area contributed by atoms with Gasteiger partial charge in [-0.15, -0.1) is 0 Å². The number of rotatable bonds is 8. The Morgan fingerprint density at radius 2 is 1.88 bits per heavy atom. The Hall–Kier alpha value is -2.20. The molecule has 9 heteroatoms. The van der Waals surface area contributed by atoms with Gasteiger partial charge in [-0.3, -0.25) is 4.79 Å². The first-order chi connectivity index (χ1) is 15.0. The van der Waals surface area contributed by atoms with Crippen molar-refractivity contribution in [3.05, 3.63) is 35.4 Å². The highest BCUT2D eigenvalue weighted by Gasteiger charge is 2.55. The Morgan fingerprint density at radius 1 is 1.16 bits per heavy atom. The van der Waals surface area contributed by atoms with Gasteiger partial charge in [-0.2, -0.15) is 0 Å². The zero-order valence-corrected chi connectivity index (χ0v) is 19.5. The quantitative estimate of drug-likeness (QED) is 0.521. The van der Waals surface area contributed by atoms with Gasteiger partial charge in [-0.25, -0.2) is 4.79 Å². The van der Waals surface area contributed by atoms with Gasteiger partial charge in [0.15, 0.2) is 5.79 Å². The van der Waals surface area contributed by atoms with Crippen LogP contribution in [-0.2, 0) is 18.9 Å². The van der Waals surface area contributed by atoms with Crippen LogP contribution in [0.5, 0.6) is 0 Å². The molecule has 2 unspecified atom stereocenters. The average molecular weight is 450 g/mol. The van der Waals surface area contributed by atoms with E-state index in [1.54, 1.807) is 18.2 Å². The van der Waals surface area contributed by atoms with Crippen LogP contribution in [0.15, 0.2) is 24.3 Å². The smallest absolute Gasteiger partial charge is 0.407 e. The number of primary amides is 1. The first kappa shape index (κ1) is 24.4. The van der Waals surface area contributed by atoms with Gasteiger partial charge in [0.25, 0.3) is 0 Å². The lowest BCUT2D eigenvalue weighted by molar-refractivity contribution is -0.187. The van der Waals surface area contributed by atoms with Gasteiger partial charge in [-0.05, 0) is 65.3 Å². The number of fused-ring (bicyclic) bond motifs is 1. The van der Waals surface area contributed by atoms with Crippen molar-refractivity contribution in [3.8, 4) is 0 Å². The van der Waals surface area contributed by atoms with Crippen LogP contribution in [0.1, 0.15) is 63.1 Å². The third kappa shape index (κ3) is 6.41. The molecule has 4 atom stereocenters. The highest BCUT2D eigenvalue weighted by molar-refractivity contribution is 5.92. The van der Waals surface area contributed by atoms with Crippen LogP contribution < -0.4 is 16.4 Å². The van der Waals surface area contributed by atoms with E-state index in [9.17, 15) is 9.59 Å². The van der Waals surface area contributed by atoms with E-state index in [4.69, 9.17) is 24.7 Å². The van der Waals surface area contributed by atoms with Gasteiger partial charge < -0.3 is 35.3 Å². The second-order valence-electron chi connectivity index (χ2n) is 9.64. The van der Waals surface area contributed by atoms with Crippen LogP contribution in [0, 0.1) is 0 Å². The topological polar surface area (TPSA) is 121 Å². The van der Waals surface area contributed by atoms with E-state index in [2.05, 4.69) is 10.6 Å². The van der Waals surface area contributed by atoms with Gasteiger partial charge in [0, 0.05) is 18.7 Å². The molecule has 0 spiro atoms. The maximum absolute atomic E-state index is 11.7. The van der Waals surface area contributed by atoms with Crippen molar-refractivity contribution in [1.82, 2.24) is 10.6 Å². The molecular formula is C23H35N3O6. The summed E-state index contributed by atoms with van der Waals surface area (Å²) in [7, 11) is 0. The van der Waals surface area contributed by atoms with E-state index in [1.165, 1.54) is 0 Å². The van der Waals surface area contributed by atoms with Crippen molar-refractivity contribution < 1.29 is 28.5 Å². The van der Waals surface area contributed by atoms with Crippen molar-refractivity contribution in [2.75, 3.05) is 19.6 Å². The lowest BCUT2D eigenvalue weighted by Crippen LogP contribution is -2.38. The minimum Gasteiger partial charge on any atom is -0.444 e. The maximum atomic E-state index is 11.7. The number of nitrogens with two attached hydrogens (primary N) is 1. The number of benzene rings is 1. The highest BCUT2D eigenvalue weighted by atomic mass is 16.8. The van der Waals surface area contributed by atoms with E-state index in [-0.39, 0.29) is 24.4 Å². The third-order valence-corrected chi connectivity index (χ3v) is 5.19. The summed E-state index contributed by atoms with van der Waals surface area (Å²) < 4.78 is 23.8. The Kier molecular flexibility index (Phi) is 7.44. The summed E-state index contributed by atoms with van der Waals surface area (Å²) in [5.41, 5.74) is 6.19. The van der Waals surface area contributed by atoms with Crippen LogP contribution in [0.4, 0.5) is 4.79 Å². The number of alkyl carbamates (subject to hydrolysis) is 1. The largest absolute Gasteiger partial charge is 0.444 e. The lowest BCUT2D eigenvalue weighted by atomic mass is 9.99. The number of amides is 2. The van der Waals surface area contributed by atoms with Crippen molar-refractivity contribution in [2.45, 2.75) is 76.8 Å². The van der Waals surface area contributed by atoms with Crippen molar-refractivity contribution in [3.63, 3.8) is 0 Å². The molecule has 0 aliphatic carbocycles. The van der Waals surface area contributed by atoms with Gasteiger partial charge in [0.2, 0.25) is 5.91 Å². The third-order valence-electron chi connectivity index (χ3n) is 5.19. The van der Waals surface area contributed by atoms with Crippen LogP contribution in [-0.4, -0.2) is 61.3 Å². The fraction of sp³-hybridized carbons (Fsp3) is 0.652. The molecule has 2 aliphatic heterocycles. The van der Waals surface area contributed by atoms with Crippen molar-refractivity contribution in [2.24, 2.45) is 5.73 Å². The monoisotopic (exact) mass is 449 g/mol. The standard InChI is InChI=1S/C23H35N3O6/c1-22(2,3)32-21(28)26-11-7-10-25-13-16-18-19(31-23(4,5)30-18)17(29-16)14-8-6-9-15(12-14)20(24)27/h6,8-9,12,16-19,25H,7,10-11,13H2,1-5H3,(H2,24,27)(H,26,28)/t16-,17+,18?,19?/m1/s1. The molecule has 2 saturated heterocycles. The van der Waals surface area contributed by atoms with Gasteiger partial charge in [0.05, 0.1) is 6.10 Å². The van der Waals surface area contributed by atoms with Crippen LogP contribution in [0.25, 0.3) is 0 Å². The Balaban J connectivity index is 1.52. The normalized spacial score (nSPS) is 26.5. The fourth-order valence-corrected chi connectivity index (χ4v) is 3.95. The summed E-state index contributed by atoms with van der Waals surface area (Å²) in [4.78, 5) is 23.3. The van der Waals surface area contributed by atoms with Crippen LogP contribution >= 0.6 is 0 Å². The number of carbonyl (C=O) groups excluding carboxylic acids is 2. The Bertz CT molecular complexity index is 822. The van der Waals surface area contributed by atoms with Gasteiger partial charge in [-0.1, -0.05) is 12.1 Å². The summed E-state index contributed by atoms with van der Waals surface area (Å²) in [6, 6.07) is 7.12. The molecule has 32 heavy (non-hydrogen) atoms. The zero-order chi connectivity index (χ0) is 23.5. The second-order valence-corrected chi connectivity index (χ2v) is 9.64. The van der Waals surface area contributed by atoms with Crippen LogP contribution in [0.2, 0.25) is 0 Å². The molecule has 4 N–H and O–H groups in total.